The number of H-pyrrole nitrogens is 1. The van der Waals surface area contributed by atoms with Crippen LogP contribution >= 0.6 is 0 Å². The van der Waals surface area contributed by atoms with Gasteiger partial charge in [-0.15, -0.1) is 0 Å². The van der Waals surface area contributed by atoms with Gasteiger partial charge in [-0.05, 0) is 35.9 Å². The van der Waals surface area contributed by atoms with E-state index in [2.05, 4.69) is 15.2 Å². The SMILES string of the molecule is O=C(O)Cc1cccc(OCCOc2ccc(-c3ccn[nH]3)nc2)c1. The number of benzene rings is 1. The maximum Gasteiger partial charge on any atom is 0.307 e. The van der Waals surface area contributed by atoms with Crippen LogP contribution in [-0.4, -0.2) is 39.5 Å². The summed E-state index contributed by atoms with van der Waals surface area (Å²) < 4.78 is 11.2. The highest BCUT2D eigenvalue weighted by atomic mass is 16.5. The molecule has 3 rings (SSSR count). The molecule has 0 radical (unpaired) electrons. The number of carbonyl (C=O) groups is 1. The molecule has 0 amide bonds. The summed E-state index contributed by atoms with van der Waals surface area (Å²) in [4.78, 5) is 15.0. The molecule has 1 aromatic carbocycles. The summed E-state index contributed by atoms with van der Waals surface area (Å²) in [6.45, 7) is 0.701. The van der Waals surface area contributed by atoms with Crippen LogP contribution in [0.25, 0.3) is 11.4 Å². The number of nitrogens with one attached hydrogen (secondary N) is 1. The van der Waals surface area contributed by atoms with Gasteiger partial charge in [-0.25, -0.2) is 0 Å². The van der Waals surface area contributed by atoms with Crippen molar-refractivity contribution in [2.75, 3.05) is 13.2 Å². The summed E-state index contributed by atoms with van der Waals surface area (Å²) >= 11 is 0. The molecule has 0 atom stereocenters. The van der Waals surface area contributed by atoms with Gasteiger partial charge >= 0.3 is 5.97 Å². The maximum atomic E-state index is 10.7. The Morgan fingerprint density at radius 3 is 2.60 bits per heavy atom. The van der Waals surface area contributed by atoms with Gasteiger partial charge in [0, 0.05) is 6.20 Å². The number of carboxylic acids is 1. The average Bonchev–Trinajstić information content (AvgIpc) is 3.14. The zero-order chi connectivity index (χ0) is 17.5. The highest BCUT2D eigenvalue weighted by molar-refractivity contribution is 5.70. The fourth-order valence-electron chi connectivity index (χ4n) is 2.26. The third kappa shape index (κ3) is 4.81. The predicted molar refractivity (Wildman–Crippen MR) is 90.6 cm³/mol. The van der Waals surface area contributed by atoms with Gasteiger partial charge in [0.2, 0.25) is 0 Å². The van der Waals surface area contributed by atoms with E-state index >= 15 is 0 Å². The Kier molecular flexibility index (Phi) is 5.26. The number of carboxylic acid groups (broad SMARTS) is 1. The number of aromatic nitrogens is 3. The largest absolute Gasteiger partial charge is 0.490 e. The van der Waals surface area contributed by atoms with E-state index in [1.807, 2.05) is 18.2 Å². The zero-order valence-electron chi connectivity index (χ0n) is 13.4. The normalized spacial score (nSPS) is 10.4. The van der Waals surface area contributed by atoms with E-state index in [1.165, 1.54) is 0 Å². The van der Waals surface area contributed by atoms with Crippen LogP contribution in [0, 0.1) is 0 Å². The molecular formula is C18H17N3O4. The lowest BCUT2D eigenvalue weighted by Crippen LogP contribution is -2.09. The molecule has 3 aromatic rings. The van der Waals surface area contributed by atoms with Gasteiger partial charge in [0.15, 0.2) is 0 Å². The second kappa shape index (κ2) is 7.96. The third-order valence-electron chi connectivity index (χ3n) is 3.39. The Balaban J connectivity index is 1.46. The number of pyridine rings is 1. The van der Waals surface area contributed by atoms with E-state index in [9.17, 15) is 4.79 Å². The van der Waals surface area contributed by atoms with Crippen molar-refractivity contribution in [1.29, 1.82) is 0 Å². The zero-order valence-corrected chi connectivity index (χ0v) is 13.4. The van der Waals surface area contributed by atoms with Crippen LogP contribution in [0.2, 0.25) is 0 Å². The Bertz CT molecular complexity index is 817. The van der Waals surface area contributed by atoms with E-state index in [0.717, 1.165) is 11.4 Å². The van der Waals surface area contributed by atoms with Crippen molar-refractivity contribution in [2.45, 2.75) is 6.42 Å². The molecule has 2 N–H and O–H groups in total. The molecule has 0 saturated carbocycles. The van der Waals surface area contributed by atoms with Gasteiger partial charge < -0.3 is 14.6 Å². The molecule has 0 spiro atoms. The van der Waals surface area contributed by atoms with E-state index in [4.69, 9.17) is 14.6 Å². The molecule has 2 aromatic heterocycles. The van der Waals surface area contributed by atoms with Crippen LogP contribution < -0.4 is 9.47 Å². The van der Waals surface area contributed by atoms with Crippen LogP contribution in [-0.2, 0) is 11.2 Å². The second-order valence-electron chi connectivity index (χ2n) is 5.26. The van der Waals surface area contributed by atoms with Gasteiger partial charge in [0.1, 0.15) is 24.7 Å². The van der Waals surface area contributed by atoms with Crippen LogP contribution in [0.15, 0.2) is 54.9 Å². The Labute approximate surface area is 144 Å². The lowest BCUT2D eigenvalue weighted by molar-refractivity contribution is -0.136. The lowest BCUT2D eigenvalue weighted by atomic mass is 10.1. The first-order chi connectivity index (χ1) is 12.2. The van der Waals surface area contributed by atoms with Crippen molar-refractivity contribution < 1.29 is 19.4 Å². The summed E-state index contributed by atoms with van der Waals surface area (Å²) in [5.41, 5.74) is 2.33. The Hall–Kier alpha value is -3.35. The van der Waals surface area contributed by atoms with Crippen LogP contribution in [0.1, 0.15) is 5.56 Å². The Morgan fingerprint density at radius 2 is 1.92 bits per heavy atom. The minimum absolute atomic E-state index is 0.0257. The average molecular weight is 339 g/mol. The number of hydrogen-bond donors (Lipinski definition) is 2. The standard InChI is InChI=1S/C18H17N3O4/c22-18(23)11-13-2-1-3-14(10-13)24-8-9-25-15-4-5-16(19-12-15)17-6-7-20-21-17/h1-7,10,12H,8-9,11H2,(H,20,21)(H,22,23). The second-order valence-corrected chi connectivity index (χ2v) is 5.26. The molecule has 0 aliphatic carbocycles. The maximum absolute atomic E-state index is 10.7. The number of rotatable bonds is 8. The molecule has 128 valence electrons. The fraction of sp³-hybridized carbons (Fsp3) is 0.167. The highest BCUT2D eigenvalue weighted by Gasteiger charge is 2.03. The summed E-state index contributed by atoms with van der Waals surface area (Å²) in [6.07, 6.45) is 3.29. The smallest absolute Gasteiger partial charge is 0.307 e. The molecule has 0 unspecified atom stereocenters. The van der Waals surface area contributed by atoms with Crippen molar-refractivity contribution in [3.05, 3.63) is 60.4 Å². The molecule has 7 heteroatoms. The molecule has 7 nitrogen and oxygen atoms in total. The summed E-state index contributed by atoms with van der Waals surface area (Å²) in [5.74, 6) is 0.396. The first-order valence-electron chi connectivity index (χ1n) is 7.73. The van der Waals surface area contributed by atoms with E-state index in [-0.39, 0.29) is 6.42 Å². The van der Waals surface area contributed by atoms with Crippen molar-refractivity contribution in [1.82, 2.24) is 15.2 Å². The topological polar surface area (TPSA) is 97.3 Å². The number of aliphatic carboxylic acids is 1. The molecule has 0 bridgehead atoms. The van der Waals surface area contributed by atoms with E-state index < -0.39 is 5.97 Å². The number of hydrogen-bond acceptors (Lipinski definition) is 5. The number of aromatic amines is 1. The highest BCUT2D eigenvalue weighted by Crippen LogP contribution is 2.17. The van der Waals surface area contributed by atoms with E-state index in [0.29, 0.717) is 30.3 Å². The monoisotopic (exact) mass is 339 g/mol. The van der Waals surface area contributed by atoms with Gasteiger partial charge in [0.05, 0.1) is 24.0 Å². The molecule has 0 fully saturated rings. The quantitative estimate of drug-likeness (QED) is 0.612. The Morgan fingerprint density at radius 1 is 1.08 bits per heavy atom. The van der Waals surface area contributed by atoms with Gasteiger partial charge in [-0.2, -0.15) is 5.10 Å². The molecule has 25 heavy (non-hydrogen) atoms. The minimum atomic E-state index is -0.869. The minimum Gasteiger partial charge on any atom is -0.490 e. The number of nitrogens with zero attached hydrogens (tertiary/aromatic N) is 2. The van der Waals surface area contributed by atoms with Gasteiger partial charge in [-0.3, -0.25) is 14.9 Å². The van der Waals surface area contributed by atoms with Crippen molar-refractivity contribution in [2.24, 2.45) is 0 Å². The molecule has 2 heterocycles. The third-order valence-corrected chi connectivity index (χ3v) is 3.39. The number of ether oxygens (including phenoxy) is 2. The predicted octanol–water partition coefficient (Wildman–Crippen LogP) is 2.56. The van der Waals surface area contributed by atoms with Crippen LogP contribution in [0.4, 0.5) is 0 Å². The molecule has 0 aliphatic heterocycles. The first kappa shape index (κ1) is 16.5. The first-order valence-corrected chi connectivity index (χ1v) is 7.73. The van der Waals surface area contributed by atoms with Crippen LogP contribution in [0.3, 0.4) is 0 Å². The van der Waals surface area contributed by atoms with Crippen molar-refractivity contribution in [3.63, 3.8) is 0 Å². The lowest BCUT2D eigenvalue weighted by Gasteiger charge is -2.09. The van der Waals surface area contributed by atoms with Crippen LogP contribution in [0.5, 0.6) is 11.5 Å². The summed E-state index contributed by atoms with van der Waals surface area (Å²) in [6, 6.07) is 12.5. The van der Waals surface area contributed by atoms with E-state index in [1.54, 1.807) is 36.7 Å². The fourth-order valence-corrected chi connectivity index (χ4v) is 2.26. The van der Waals surface area contributed by atoms with Gasteiger partial charge in [0.25, 0.3) is 0 Å². The van der Waals surface area contributed by atoms with Crippen molar-refractivity contribution >= 4 is 5.97 Å². The molecular weight excluding hydrogens is 322 g/mol. The van der Waals surface area contributed by atoms with Gasteiger partial charge in [-0.1, -0.05) is 12.1 Å². The summed E-state index contributed by atoms with van der Waals surface area (Å²) in [5, 5.41) is 15.5. The summed E-state index contributed by atoms with van der Waals surface area (Å²) in [7, 11) is 0. The molecule has 0 saturated heterocycles. The van der Waals surface area contributed by atoms with Crippen molar-refractivity contribution in [3.8, 4) is 22.9 Å². The molecule has 0 aliphatic rings.